The van der Waals surface area contributed by atoms with Gasteiger partial charge in [-0.25, -0.2) is 0 Å². The van der Waals surface area contributed by atoms with E-state index < -0.39 is 11.6 Å². The minimum atomic E-state index is -0.506. The SMILES string of the molecule is C(#Cc1ccncc1)c1ccccc1.O=C(C(=O)c1ccncc1)c1ccccc1. The Hall–Kier alpha value is -4.36. The van der Waals surface area contributed by atoms with E-state index in [1.165, 1.54) is 24.5 Å². The fourth-order valence-corrected chi connectivity index (χ4v) is 2.46. The summed E-state index contributed by atoms with van der Waals surface area (Å²) in [6.07, 6.45) is 6.47. The van der Waals surface area contributed by atoms with E-state index in [-0.39, 0.29) is 0 Å². The number of rotatable bonds is 3. The molecule has 2 aromatic carbocycles. The van der Waals surface area contributed by atoms with Crippen molar-refractivity contribution in [3.8, 4) is 11.8 Å². The quantitative estimate of drug-likeness (QED) is 0.291. The van der Waals surface area contributed by atoms with Crippen molar-refractivity contribution in [3.05, 3.63) is 132 Å². The van der Waals surface area contributed by atoms with Crippen molar-refractivity contribution in [2.24, 2.45) is 0 Å². The highest BCUT2D eigenvalue weighted by Gasteiger charge is 2.17. The van der Waals surface area contributed by atoms with Gasteiger partial charge in [-0.1, -0.05) is 60.4 Å². The molecule has 0 aliphatic heterocycles. The summed E-state index contributed by atoms with van der Waals surface area (Å²) in [7, 11) is 0. The normalized spacial score (nSPS) is 9.33. The molecule has 0 saturated carbocycles. The fraction of sp³-hybridized carbons (Fsp3) is 0. The second-order valence-corrected chi connectivity index (χ2v) is 6.11. The van der Waals surface area contributed by atoms with Crippen LogP contribution in [0.2, 0.25) is 0 Å². The zero-order chi connectivity index (χ0) is 21.0. The van der Waals surface area contributed by atoms with Crippen LogP contribution in [0.25, 0.3) is 0 Å². The molecular formula is C26H18N2O2. The molecule has 0 spiro atoms. The van der Waals surface area contributed by atoms with Crippen LogP contribution in [0.4, 0.5) is 0 Å². The Bertz CT molecular complexity index is 1060. The maximum absolute atomic E-state index is 11.8. The van der Waals surface area contributed by atoms with Gasteiger partial charge in [0.25, 0.3) is 0 Å². The van der Waals surface area contributed by atoms with Gasteiger partial charge in [0.05, 0.1) is 0 Å². The average Bonchev–Trinajstić information content (AvgIpc) is 2.84. The van der Waals surface area contributed by atoms with Crippen LogP contribution in [0.15, 0.2) is 110 Å². The number of carbonyl (C=O) groups is 2. The molecule has 0 amide bonds. The number of Topliss-reactive ketones (excluding diaryl/α,β-unsaturated/α-hetero) is 2. The molecule has 4 heteroatoms. The van der Waals surface area contributed by atoms with Crippen LogP contribution in [-0.2, 0) is 0 Å². The van der Waals surface area contributed by atoms with Gasteiger partial charge in [-0.2, -0.15) is 0 Å². The molecule has 0 aliphatic carbocycles. The summed E-state index contributed by atoms with van der Waals surface area (Å²) in [5.74, 6) is 5.15. The molecule has 4 rings (SSSR count). The van der Waals surface area contributed by atoms with Crippen molar-refractivity contribution < 1.29 is 9.59 Å². The molecule has 144 valence electrons. The van der Waals surface area contributed by atoms with Crippen LogP contribution in [0.3, 0.4) is 0 Å². The second-order valence-electron chi connectivity index (χ2n) is 6.11. The lowest BCUT2D eigenvalue weighted by Crippen LogP contribution is -2.14. The smallest absolute Gasteiger partial charge is 0.233 e. The molecule has 4 aromatic rings. The van der Waals surface area contributed by atoms with Crippen LogP contribution in [0, 0.1) is 11.8 Å². The van der Waals surface area contributed by atoms with Crippen LogP contribution >= 0.6 is 0 Å². The number of nitrogens with zero attached hydrogens (tertiary/aromatic N) is 2. The van der Waals surface area contributed by atoms with Gasteiger partial charge in [-0.3, -0.25) is 19.6 Å². The Labute approximate surface area is 175 Å². The summed E-state index contributed by atoms with van der Waals surface area (Å²) in [6, 6.07) is 25.3. The molecule has 0 saturated heterocycles. The molecule has 0 bridgehead atoms. The summed E-state index contributed by atoms with van der Waals surface area (Å²) < 4.78 is 0. The lowest BCUT2D eigenvalue weighted by molar-refractivity contribution is 0.0817. The molecule has 30 heavy (non-hydrogen) atoms. The van der Waals surface area contributed by atoms with Crippen LogP contribution in [-0.4, -0.2) is 21.5 Å². The van der Waals surface area contributed by atoms with Crippen LogP contribution in [0.5, 0.6) is 0 Å². The first-order valence-electron chi connectivity index (χ1n) is 9.25. The van der Waals surface area contributed by atoms with Gasteiger partial charge in [0, 0.05) is 47.0 Å². The summed E-state index contributed by atoms with van der Waals surface area (Å²) in [5, 5.41) is 0. The summed E-state index contributed by atoms with van der Waals surface area (Å²) in [6.45, 7) is 0. The third-order valence-electron chi connectivity index (χ3n) is 3.99. The topological polar surface area (TPSA) is 59.9 Å². The number of ketones is 2. The Morgan fingerprint density at radius 3 is 1.43 bits per heavy atom. The Morgan fingerprint density at radius 1 is 0.500 bits per heavy atom. The third-order valence-corrected chi connectivity index (χ3v) is 3.99. The highest BCUT2D eigenvalue weighted by molar-refractivity contribution is 6.49. The monoisotopic (exact) mass is 390 g/mol. The first kappa shape index (κ1) is 20.4. The molecule has 2 heterocycles. The van der Waals surface area contributed by atoms with E-state index >= 15 is 0 Å². The van der Waals surface area contributed by atoms with E-state index in [1.54, 1.807) is 42.7 Å². The standard InChI is InChI=1S/C13H9NO2.C13H9N/c15-12(10-4-2-1-3-5-10)13(16)11-6-8-14-9-7-11;1-2-4-12(5-3-1)6-7-13-8-10-14-11-9-13/h1-9H;1-5,8-11H. The number of hydrogen-bond acceptors (Lipinski definition) is 4. The minimum absolute atomic E-state index is 0.365. The second kappa shape index (κ2) is 10.8. The first-order chi connectivity index (χ1) is 14.7. The number of pyridine rings is 2. The highest BCUT2D eigenvalue weighted by Crippen LogP contribution is 2.06. The lowest BCUT2D eigenvalue weighted by atomic mass is 10.0. The maximum Gasteiger partial charge on any atom is 0.233 e. The first-order valence-corrected chi connectivity index (χ1v) is 9.25. The van der Waals surface area contributed by atoms with E-state index in [4.69, 9.17) is 0 Å². The van der Waals surface area contributed by atoms with Gasteiger partial charge in [-0.15, -0.1) is 0 Å². The van der Waals surface area contributed by atoms with E-state index in [0.29, 0.717) is 11.1 Å². The zero-order valence-electron chi connectivity index (χ0n) is 16.1. The fourth-order valence-electron chi connectivity index (χ4n) is 2.46. The molecule has 0 atom stereocenters. The van der Waals surface area contributed by atoms with Crippen molar-refractivity contribution in [1.82, 2.24) is 9.97 Å². The van der Waals surface area contributed by atoms with Crippen LogP contribution < -0.4 is 0 Å². The zero-order valence-corrected chi connectivity index (χ0v) is 16.1. The molecule has 0 unspecified atom stereocenters. The van der Waals surface area contributed by atoms with Crippen molar-refractivity contribution in [1.29, 1.82) is 0 Å². The minimum Gasteiger partial charge on any atom is -0.285 e. The lowest BCUT2D eigenvalue weighted by Gasteiger charge is -1.99. The van der Waals surface area contributed by atoms with Gasteiger partial charge in [0.1, 0.15) is 0 Å². The highest BCUT2D eigenvalue weighted by atomic mass is 16.2. The third kappa shape index (κ3) is 6.08. The van der Waals surface area contributed by atoms with Gasteiger partial charge in [0.2, 0.25) is 11.6 Å². The van der Waals surface area contributed by atoms with E-state index in [9.17, 15) is 9.59 Å². The largest absolute Gasteiger partial charge is 0.285 e. The summed E-state index contributed by atoms with van der Waals surface area (Å²) in [5.41, 5.74) is 2.79. The van der Waals surface area contributed by atoms with Crippen molar-refractivity contribution in [2.45, 2.75) is 0 Å². The number of carbonyl (C=O) groups excluding carboxylic acids is 2. The molecule has 4 nitrogen and oxygen atoms in total. The molecule has 0 aliphatic rings. The van der Waals surface area contributed by atoms with Gasteiger partial charge in [-0.05, 0) is 36.4 Å². The van der Waals surface area contributed by atoms with E-state index in [1.807, 2.05) is 42.5 Å². The molecule has 0 radical (unpaired) electrons. The molecular weight excluding hydrogens is 372 g/mol. The Morgan fingerprint density at radius 2 is 0.900 bits per heavy atom. The van der Waals surface area contributed by atoms with Gasteiger partial charge < -0.3 is 0 Å². The average molecular weight is 390 g/mol. The van der Waals surface area contributed by atoms with Crippen molar-refractivity contribution >= 4 is 11.6 Å². The van der Waals surface area contributed by atoms with Crippen LogP contribution in [0.1, 0.15) is 31.8 Å². The van der Waals surface area contributed by atoms with Gasteiger partial charge >= 0.3 is 0 Å². The molecule has 2 aromatic heterocycles. The number of aromatic nitrogens is 2. The molecule has 0 fully saturated rings. The molecule has 0 N–H and O–H groups in total. The predicted molar refractivity (Wildman–Crippen MR) is 116 cm³/mol. The Balaban J connectivity index is 0.000000172. The number of hydrogen-bond donors (Lipinski definition) is 0. The van der Waals surface area contributed by atoms with E-state index in [0.717, 1.165) is 11.1 Å². The van der Waals surface area contributed by atoms with Crippen molar-refractivity contribution in [3.63, 3.8) is 0 Å². The Kier molecular flexibility index (Phi) is 7.36. The summed E-state index contributed by atoms with van der Waals surface area (Å²) >= 11 is 0. The number of benzene rings is 2. The van der Waals surface area contributed by atoms with Crippen molar-refractivity contribution in [2.75, 3.05) is 0 Å². The summed E-state index contributed by atoms with van der Waals surface area (Å²) in [4.78, 5) is 31.3. The predicted octanol–water partition coefficient (Wildman–Crippen LogP) is 4.63. The maximum atomic E-state index is 11.8. The van der Waals surface area contributed by atoms with Gasteiger partial charge in [0.15, 0.2) is 0 Å². The van der Waals surface area contributed by atoms with E-state index in [2.05, 4.69) is 21.8 Å².